The molecule has 0 amide bonds. The van der Waals surface area contributed by atoms with Crippen molar-refractivity contribution >= 4 is 0 Å². The lowest BCUT2D eigenvalue weighted by molar-refractivity contribution is 0.102. The molecule has 0 saturated heterocycles. The van der Waals surface area contributed by atoms with E-state index in [9.17, 15) is 5.11 Å². The Balaban J connectivity index is 2.30. The van der Waals surface area contributed by atoms with Crippen LogP contribution in [0.4, 0.5) is 0 Å². The van der Waals surface area contributed by atoms with E-state index in [-0.39, 0.29) is 0 Å². The first-order chi connectivity index (χ1) is 9.93. The number of hydrogen-bond acceptors (Lipinski definition) is 2. The van der Waals surface area contributed by atoms with E-state index in [2.05, 4.69) is 13.0 Å². The second-order valence-corrected chi connectivity index (χ2v) is 5.82. The number of ether oxygens (including phenoxy) is 1. The van der Waals surface area contributed by atoms with Crippen molar-refractivity contribution in [3.8, 4) is 5.75 Å². The lowest BCUT2D eigenvalue weighted by Crippen LogP contribution is -2.23. The molecule has 0 aliphatic carbocycles. The summed E-state index contributed by atoms with van der Waals surface area (Å²) in [5.41, 5.74) is 3.11. The molecule has 2 aromatic rings. The molecule has 1 N–H and O–H groups in total. The van der Waals surface area contributed by atoms with Gasteiger partial charge in [0.25, 0.3) is 0 Å². The minimum atomic E-state index is -1.000. The highest BCUT2D eigenvalue weighted by molar-refractivity contribution is 5.41. The molecule has 0 aliphatic heterocycles. The zero-order chi connectivity index (χ0) is 15.5. The zero-order valence-corrected chi connectivity index (χ0v) is 13.3. The summed E-state index contributed by atoms with van der Waals surface area (Å²) < 4.78 is 5.59. The maximum absolute atomic E-state index is 10.9. The van der Waals surface area contributed by atoms with Crippen LogP contribution < -0.4 is 4.74 Å². The van der Waals surface area contributed by atoms with Gasteiger partial charge in [-0.3, -0.25) is 0 Å². The maximum atomic E-state index is 10.9. The number of aliphatic hydroxyl groups is 1. The molecule has 1 unspecified atom stereocenters. The van der Waals surface area contributed by atoms with Gasteiger partial charge in [0.15, 0.2) is 0 Å². The van der Waals surface area contributed by atoms with Gasteiger partial charge < -0.3 is 9.84 Å². The van der Waals surface area contributed by atoms with Crippen LogP contribution in [0.2, 0.25) is 0 Å². The Labute approximate surface area is 127 Å². The zero-order valence-electron chi connectivity index (χ0n) is 13.3. The minimum absolute atomic E-state index is 0.715. The average molecular weight is 284 g/mol. The minimum Gasteiger partial charge on any atom is -0.494 e. The SMILES string of the molecule is CCCOc1ccc(C(C)(O)c2cc(C)cc(C)c2)cc1. The Morgan fingerprint density at radius 3 is 2.05 bits per heavy atom. The Morgan fingerprint density at radius 1 is 0.952 bits per heavy atom. The fourth-order valence-electron chi connectivity index (χ4n) is 2.52. The first-order valence-electron chi connectivity index (χ1n) is 7.48. The van der Waals surface area contributed by atoms with Gasteiger partial charge in [-0.2, -0.15) is 0 Å². The molecule has 21 heavy (non-hydrogen) atoms. The molecule has 1 atom stereocenters. The summed E-state index contributed by atoms with van der Waals surface area (Å²) in [5.74, 6) is 0.844. The molecule has 0 fully saturated rings. The molecule has 0 heterocycles. The van der Waals surface area contributed by atoms with E-state index in [1.54, 1.807) is 0 Å². The van der Waals surface area contributed by atoms with E-state index in [1.165, 1.54) is 0 Å². The van der Waals surface area contributed by atoms with Crippen LogP contribution in [0.25, 0.3) is 0 Å². The number of benzene rings is 2. The van der Waals surface area contributed by atoms with Crippen LogP contribution in [-0.4, -0.2) is 11.7 Å². The summed E-state index contributed by atoms with van der Waals surface area (Å²) in [6.45, 7) is 8.73. The second kappa shape index (κ2) is 6.31. The first kappa shape index (κ1) is 15.6. The summed E-state index contributed by atoms with van der Waals surface area (Å²) in [5, 5.41) is 10.9. The van der Waals surface area contributed by atoms with Crippen LogP contribution >= 0.6 is 0 Å². The lowest BCUT2D eigenvalue weighted by Gasteiger charge is -2.25. The fourth-order valence-corrected chi connectivity index (χ4v) is 2.52. The van der Waals surface area contributed by atoms with Gasteiger partial charge in [-0.15, -0.1) is 0 Å². The Morgan fingerprint density at radius 2 is 1.52 bits per heavy atom. The third-order valence-corrected chi connectivity index (χ3v) is 3.67. The van der Waals surface area contributed by atoms with Gasteiger partial charge in [0, 0.05) is 0 Å². The summed E-state index contributed by atoms with van der Waals surface area (Å²) in [7, 11) is 0. The molecular formula is C19H24O2. The molecule has 0 bridgehead atoms. The van der Waals surface area contributed by atoms with Gasteiger partial charge in [-0.1, -0.05) is 48.4 Å². The van der Waals surface area contributed by atoms with E-state index in [1.807, 2.05) is 57.2 Å². The van der Waals surface area contributed by atoms with Gasteiger partial charge in [-0.25, -0.2) is 0 Å². The van der Waals surface area contributed by atoms with Crippen LogP contribution in [0.5, 0.6) is 5.75 Å². The van der Waals surface area contributed by atoms with Crippen LogP contribution in [0, 0.1) is 13.8 Å². The number of rotatable bonds is 5. The maximum Gasteiger partial charge on any atom is 0.119 e. The smallest absolute Gasteiger partial charge is 0.119 e. The first-order valence-corrected chi connectivity index (χ1v) is 7.48. The van der Waals surface area contributed by atoms with Crippen LogP contribution in [0.1, 0.15) is 42.5 Å². The fraction of sp³-hybridized carbons (Fsp3) is 0.368. The van der Waals surface area contributed by atoms with Gasteiger partial charge in [-0.05, 0) is 50.5 Å². The third-order valence-electron chi connectivity index (χ3n) is 3.67. The molecule has 2 heteroatoms. The summed E-state index contributed by atoms with van der Waals surface area (Å²) in [4.78, 5) is 0. The monoisotopic (exact) mass is 284 g/mol. The highest BCUT2D eigenvalue weighted by Gasteiger charge is 2.25. The molecule has 0 aliphatic rings. The largest absolute Gasteiger partial charge is 0.494 e. The van der Waals surface area contributed by atoms with E-state index >= 15 is 0 Å². The molecule has 0 saturated carbocycles. The van der Waals surface area contributed by atoms with Crippen LogP contribution in [0.3, 0.4) is 0 Å². The van der Waals surface area contributed by atoms with E-state index in [0.717, 1.165) is 34.4 Å². The van der Waals surface area contributed by atoms with Gasteiger partial charge in [0.2, 0.25) is 0 Å². The predicted molar refractivity (Wildman–Crippen MR) is 86.8 cm³/mol. The quantitative estimate of drug-likeness (QED) is 0.884. The Bertz CT molecular complexity index is 577. The molecule has 2 aromatic carbocycles. The Hall–Kier alpha value is -1.80. The average Bonchev–Trinajstić information content (AvgIpc) is 2.44. The van der Waals surface area contributed by atoms with Crippen LogP contribution in [0.15, 0.2) is 42.5 Å². The normalized spacial score (nSPS) is 13.8. The summed E-state index contributed by atoms with van der Waals surface area (Å²) >= 11 is 0. The predicted octanol–water partition coefficient (Wildman–Crippen LogP) is 4.35. The van der Waals surface area contributed by atoms with Crippen molar-refractivity contribution in [2.75, 3.05) is 6.61 Å². The van der Waals surface area contributed by atoms with Gasteiger partial charge in [0.1, 0.15) is 11.4 Å². The van der Waals surface area contributed by atoms with Crippen molar-refractivity contribution in [3.63, 3.8) is 0 Å². The van der Waals surface area contributed by atoms with Crippen molar-refractivity contribution in [2.45, 2.75) is 39.7 Å². The molecule has 2 rings (SSSR count). The molecule has 0 spiro atoms. The summed E-state index contributed by atoms with van der Waals surface area (Å²) in [6.07, 6.45) is 0.988. The van der Waals surface area contributed by atoms with E-state index in [0.29, 0.717) is 6.61 Å². The van der Waals surface area contributed by atoms with E-state index < -0.39 is 5.60 Å². The molecule has 2 nitrogen and oxygen atoms in total. The second-order valence-electron chi connectivity index (χ2n) is 5.82. The summed E-state index contributed by atoms with van der Waals surface area (Å²) in [6, 6.07) is 13.9. The molecule has 0 aromatic heterocycles. The topological polar surface area (TPSA) is 29.5 Å². The lowest BCUT2D eigenvalue weighted by atomic mass is 9.86. The number of hydrogen-bond donors (Lipinski definition) is 1. The van der Waals surface area contributed by atoms with Gasteiger partial charge >= 0.3 is 0 Å². The van der Waals surface area contributed by atoms with Crippen molar-refractivity contribution in [3.05, 3.63) is 64.7 Å². The van der Waals surface area contributed by atoms with Crippen molar-refractivity contribution < 1.29 is 9.84 Å². The molecule has 112 valence electrons. The number of aryl methyl sites for hydroxylation is 2. The molecule has 0 radical (unpaired) electrons. The molecular weight excluding hydrogens is 260 g/mol. The van der Waals surface area contributed by atoms with Crippen molar-refractivity contribution in [1.82, 2.24) is 0 Å². The van der Waals surface area contributed by atoms with E-state index in [4.69, 9.17) is 4.74 Å². The highest BCUT2D eigenvalue weighted by atomic mass is 16.5. The van der Waals surface area contributed by atoms with Crippen LogP contribution in [-0.2, 0) is 5.60 Å². The Kier molecular flexibility index (Phi) is 4.69. The van der Waals surface area contributed by atoms with Crippen molar-refractivity contribution in [2.24, 2.45) is 0 Å². The van der Waals surface area contributed by atoms with Crippen molar-refractivity contribution in [1.29, 1.82) is 0 Å². The third kappa shape index (κ3) is 3.64. The van der Waals surface area contributed by atoms with Gasteiger partial charge in [0.05, 0.1) is 6.61 Å². The highest BCUT2D eigenvalue weighted by Crippen LogP contribution is 2.31. The standard InChI is InChI=1S/C19H24O2/c1-5-10-21-18-8-6-16(7-9-18)19(4,20)17-12-14(2)11-15(3)13-17/h6-9,11-13,20H,5,10H2,1-4H3.